The van der Waals surface area contributed by atoms with Gasteiger partial charge in [0.05, 0.1) is 5.25 Å². The molecule has 0 heterocycles. The number of ketones is 1. The van der Waals surface area contributed by atoms with Gasteiger partial charge in [-0.1, -0.05) is 11.6 Å². The van der Waals surface area contributed by atoms with E-state index in [2.05, 4.69) is 11.8 Å². The molecule has 0 atom stereocenters. The Labute approximate surface area is 150 Å². The second-order valence-corrected chi connectivity index (χ2v) is 9.46. The van der Waals surface area contributed by atoms with Crippen LogP contribution in [-0.2, 0) is 9.84 Å². The number of halogens is 1. The Morgan fingerprint density at radius 3 is 2.29 bits per heavy atom. The molecule has 24 heavy (non-hydrogen) atoms. The van der Waals surface area contributed by atoms with Crippen LogP contribution in [0.5, 0.6) is 0 Å². The van der Waals surface area contributed by atoms with Gasteiger partial charge in [-0.3, -0.25) is 4.79 Å². The predicted octanol–water partition coefficient (Wildman–Crippen LogP) is 4.03. The third-order valence-electron chi connectivity index (χ3n) is 5.06. The topological polar surface area (TPSA) is 54.5 Å². The van der Waals surface area contributed by atoms with Crippen molar-refractivity contribution in [2.45, 2.75) is 57.7 Å². The Morgan fingerprint density at radius 1 is 1.25 bits per heavy atom. The lowest BCUT2D eigenvalue weighted by Gasteiger charge is -2.38. The second kappa shape index (κ2) is 7.44. The summed E-state index contributed by atoms with van der Waals surface area (Å²) >= 11 is 6.23. The maximum absolute atomic E-state index is 11.9. The molecule has 0 bridgehead atoms. The van der Waals surface area contributed by atoms with Crippen LogP contribution in [0.1, 0.15) is 55.5 Å². The number of anilines is 1. The van der Waals surface area contributed by atoms with E-state index in [9.17, 15) is 13.2 Å². The molecule has 1 aliphatic rings. The summed E-state index contributed by atoms with van der Waals surface area (Å²) in [5.41, 5.74) is 2.58. The second-order valence-electron chi connectivity index (χ2n) is 6.70. The average molecular weight is 372 g/mol. The van der Waals surface area contributed by atoms with Crippen LogP contribution in [0.2, 0.25) is 5.02 Å². The van der Waals surface area contributed by atoms with Crippen molar-refractivity contribution in [2.24, 2.45) is 0 Å². The number of benzene rings is 1. The third kappa shape index (κ3) is 4.12. The fraction of sp³-hybridized carbons (Fsp3) is 0.611. The Bertz CT molecular complexity index is 722. The molecule has 1 aromatic carbocycles. The quantitative estimate of drug-likeness (QED) is 0.733. The van der Waals surface area contributed by atoms with Gasteiger partial charge in [0.1, 0.15) is 9.84 Å². The zero-order valence-electron chi connectivity index (χ0n) is 14.8. The number of hydrogen-bond donors (Lipinski definition) is 0. The van der Waals surface area contributed by atoms with Gasteiger partial charge in [-0.05, 0) is 64.2 Å². The normalized spacial score (nSPS) is 21.5. The summed E-state index contributed by atoms with van der Waals surface area (Å²) in [7, 11) is -2.96. The number of sulfone groups is 1. The van der Waals surface area contributed by atoms with Crippen LogP contribution >= 0.6 is 11.6 Å². The van der Waals surface area contributed by atoms with Gasteiger partial charge in [-0.15, -0.1) is 0 Å². The molecule has 1 aliphatic carbocycles. The summed E-state index contributed by atoms with van der Waals surface area (Å²) in [5.74, 6) is 0.00749. The Hall–Kier alpha value is -1.07. The van der Waals surface area contributed by atoms with Gasteiger partial charge >= 0.3 is 0 Å². The highest BCUT2D eigenvalue weighted by Gasteiger charge is 2.31. The molecule has 2 rings (SSSR count). The minimum Gasteiger partial charge on any atom is -0.369 e. The van der Waals surface area contributed by atoms with E-state index in [1.807, 2.05) is 13.0 Å². The molecule has 0 saturated heterocycles. The lowest BCUT2D eigenvalue weighted by atomic mass is 9.92. The molecule has 0 amide bonds. The number of nitrogens with zero attached hydrogens (tertiary/aromatic N) is 1. The molecule has 1 saturated carbocycles. The van der Waals surface area contributed by atoms with Crippen molar-refractivity contribution in [1.29, 1.82) is 0 Å². The number of rotatable bonds is 5. The molecule has 134 valence electrons. The van der Waals surface area contributed by atoms with Gasteiger partial charge in [0.2, 0.25) is 0 Å². The first kappa shape index (κ1) is 19.3. The highest BCUT2D eigenvalue weighted by Crippen LogP contribution is 2.34. The van der Waals surface area contributed by atoms with Crippen LogP contribution in [0.3, 0.4) is 0 Å². The molecule has 6 heteroatoms. The van der Waals surface area contributed by atoms with E-state index < -0.39 is 9.84 Å². The van der Waals surface area contributed by atoms with E-state index in [-0.39, 0.29) is 17.1 Å². The monoisotopic (exact) mass is 371 g/mol. The molecule has 1 fully saturated rings. The first-order valence-electron chi connectivity index (χ1n) is 8.41. The molecule has 0 aliphatic heterocycles. The Morgan fingerprint density at radius 2 is 1.83 bits per heavy atom. The number of hydrogen-bond acceptors (Lipinski definition) is 4. The SMILES string of the molecule is CCN(c1cc(Cl)cc(C(C)=O)c1C)C1CCC(S(C)(=O)=O)CC1. The van der Waals surface area contributed by atoms with Crippen LogP contribution < -0.4 is 4.90 Å². The summed E-state index contributed by atoms with van der Waals surface area (Å²) < 4.78 is 23.5. The number of Topliss-reactive ketones (excluding diaryl/α,β-unsaturated/α-hetero) is 1. The molecule has 0 radical (unpaired) electrons. The van der Waals surface area contributed by atoms with Gasteiger partial charge in [-0.2, -0.15) is 0 Å². The maximum atomic E-state index is 11.9. The standard InChI is InChI=1S/C18H26ClNO3S/c1-5-20(15-6-8-16(9-7-15)24(4,22)23)18-11-14(19)10-17(12(18)2)13(3)21/h10-11,15-16H,5-9H2,1-4H3. The highest BCUT2D eigenvalue weighted by atomic mass is 35.5. The third-order valence-corrected chi connectivity index (χ3v) is 6.97. The van der Waals surface area contributed by atoms with E-state index in [4.69, 9.17) is 11.6 Å². The Kier molecular flexibility index (Phi) is 5.97. The van der Waals surface area contributed by atoms with Crippen molar-refractivity contribution in [1.82, 2.24) is 0 Å². The summed E-state index contributed by atoms with van der Waals surface area (Å²) in [6.45, 7) is 6.38. The zero-order chi connectivity index (χ0) is 18.1. The molecular formula is C18H26ClNO3S. The molecule has 0 unspecified atom stereocenters. The van der Waals surface area contributed by atoms with Gasteiger partial charge in [-0.25, -0.2) is 8.42 Å². The summed E-state index contributed by atoms with van der Waals surface area (Å²) in [6, 6.07) is 3.91. The molecule has 0 spiro atoms. The van der Waals surface area contributed by atoms with Gasteiger partial charge in [0.25, 0.3) is 0 Å². The predicted molar refractivity (Wildman–Crippen MR) is 100 cm³/mol. The maximum Gasteiger partial charge on any atom is 0.160 e. The van der Waals surface area contributed by atoms with Crippen LogP contribution in [0.4, 0.5) is 5.69 Å². The molecule has 0 aromatic heterocycles. The summed E-state index contributed by atoms with van der Waals surface area (Å²) in [5, 5.41) is 0.338. The van der Waals surface area contributed by atoms with Crippen molar-refractivity contribution in [3.8, 4) is 0 Å². The van der Waals surface area contributed by atoms with Crippen LogP contribution in [-0.4, -0.2) is 38.3 Å². The van der Waals surface area contributed by atoms with Crippen molar-refractivity contribution < 1.29 is 13.2 Å². The van der Waals surface area contributed by atoms with E-state index >= 15 is 0 Å². The summed E-state index contributed by atoms with van der Waals surface area (Å²) in [6.07, 6.45) is 4.40. The number of carbonyl (C=O) groups is 1. The van der Waals surface area contributed by atoms with E-state index in [0.717, 1.165) is 30.6 Å². The Balaban J connectivity index is 2.29. The average Bonchev–Trinajstić information content (AvgIpc) is 2.50. The lowest BCUT2D eigenvalue weighted by molar-refractivity contribution is 0.101. The van der Waals surface area contributed by atoms with E-state index in [0.29, 0.717) is 23.4 Å². The van der Waals surface area contributed by atoms with E-state index in [1.54, 1.807) is 13.0 Å². The van der Waals surface area contributed by atoms with E-state index in [1.165, 1.54) is 6.26 Å². The van der Waals surface area contributed by atoms with Gasteiger partial charge in [0, 0.05) is 35.1 Å². The smallest absolute Gasteiger partial charge is 0.160 e. The van der Waals surface area contributed by atoms with Crippen molar-refractivity contribution in [2.75, 3.05) is 17.7 Å². The minimum absolute atomic E-state index is 0.00749. The first-order valence-corrected chi connectivity index (χ1v) is 10.7. The van der Waals surface area contributed by atoms with Crippen molar-refractivity contribution >= 4 is 32.9 Å². The molecular weight excluding hydrogens is 346 g/mol. The molecule has 1 aromatic rings. The van der Waals surface area contributed by atoms with Gasteiger partial charge < -0.3 is 4.90 Å². The first-order chi connectivity index (χ1) is 11.1. The number of carbonyl (C=O) groups excluding carboxylic acids is 1. The van der Waals surface area contributed by atoms with Crippen molar-refractivity contribution in [3.05, 3.63) is 28.3 Å². The summed E-state index contributed by atoms with van der Waals surface area (Å²) in [4.78, 5) is 14.1. The lowest BCUT2D eigenvalue weighted by Crippen LogP contribution is -2.41. The highest BCUT2D eigenvalue weighted by molar-refractivity contribution is 7.91. The largest absolute Gasteiger partial charge is 0.369 e. The van der Waals surface area contributed by atoms with Crippen LogP contribution in [0.25, 0.3) is 0 Å². The fourth-order valence-corrected chi connectivity index (χ4v) is 5.08. The zero-order valence-corrected chi connectivity index (χ0v) is 16.4. The van der Waals surface area contributed by atoms with Crippen LogP contribution in [0, 0.1) is 6.92 Å². The molecule has 0 N–H and O–H groups in total. The minimum atomic E-state index is -2.96. The van der Waals surface area contributed by atoms with Crippen molar-refractivity contribution in [3.63, 3.8) is 0 Å². The van der Waals surface area contributed by atoms with Crippen LogP contribution in [0.15, 0.2) is 12.1 Å². The molecule has 4 nitrogen and oxygen atoms in total. The van der Waals surface area contributed by atoms with Gasteiger partial charge in [0.15, 0.2) is 5.78 Å². The fourth-order valence-electron chi connectivity index (χ4n) is 3.74.